The summed E-state index contributed by atoms with van der Waals surface area (Å²) in [6, 6.07) is 23.8. The van der Waals surface area contributed by atoms with Crippen LogP contribution in [0.2, 0.25) is 0 Å². The standard InChI is InChI=1S/C22H14ClN3O/c23-19-13-24-22(26-21(25-19)14-7-2-1-3-8-14)17-11-6-10-16-15-9-4-5-12-18(15)27-20(16)17/h1-12H,13H2. The van der Waals surface area contributed by atoms with Crippen LogP contribution >= 0.6 is 11.6 Å². The molecule has 0 spiro atoms. The van der Waals surface area contributed by atoms with E-state index in [1.807, 2.05) is 66.7 Å². The molecule has 3 aromatic carbocycles. The number of halogens is 1. The first-order valence-electron chi connectivity index (χ1n) is 8.62. The fourth-order valence-electron chi connectivity index (χ4n) is 3.24. The molecular formula is C22H14ClN3O. The molecule has 5 rings (SSSR count). The van der Waals surface area contributed by atoms with E-state index in [1.165, 1.54) is 0 Å². The van der Waals surface area contributed by atoms with Gasteiger partial charge in [-0.25, -0.2) is 9.98 Å². The Bertz CT molecular complexity index is 1250. The molecule has 4 aromatic rings. The maximum absolute atomic E-state index is 6.24. The van der Waals surface area contributed by atoms with Gasteiger partial charge in [-0.3, -0.25) is 4.99 Å². The number of furan rings is 1. The number of aliphatic imine (C=N–C) groups is 3. The third kappa shape index (κ3) is 2.84. The van der Waals surface area contributed by atoms with Crippen molar-refractivity contribution in [2.45, 2.75) is 0 Å². The second kappa shape index (κ2) is 6.49. The molecule has 0 amide bonds. The molecule has 0 radical (unpaired) electrons. The molecule has 5 heteroatoms. The Morgan fingerprint density at radius 1 is 0.741 bits per heavy atom. The van der Waals surface area contributed by atoms with Crippen LogP contribution in [-0.4, -0.2) is 23.4 Å². The summed E-state index contributed by atoms with van der Waals surface area (Å²) >= 11 is 6.24. The Hall–Kier alpha value is -3.24. The second-order valence-corrected chi connectivity index (χ2v) is 6.65. The smallest absolute Gasteiger partial charge is 0.162 e. The van der Waals surface area contributed by atoms with Crippen molar-refractivity contribution < 1.29 is 4.42 Å². The SMILES string of the molecule is ClC1=NC(c2ccccc2)=NC(c2cccc3c2oc2ccccc23)=NC1. The molecule has 1 aliphatic heterocycles. The van der Waals surface area contributed by atoms with E-state index < -0.39 is 0 Å². The third-order valence-corrected chi connectivity index (χ3v) is 4.68. The number of para-hydroxylation sites is 2. The van der Waals surface area contributed by atoms with Crippen molar-refractivity contribution in [1.29, 1.82) is 0 Å². The van der Waals surface area contributed by atoms with Crippen LogP contribution in [0.5, 0.6) is 0 Å². The van der Waals surface area contributed by atoms with Crippen molar-refractivity contribution in [3.8, 4) is 0 Å². The Kier molecular flexibility index (Phi) is 3.84. The normalized spacial score (nSPS) is 14.6. The monoisotopic (exact) mass is 371 g/mol. The zero-order valence-corrected chi connectivity index (χ0v) is 15.0. The van der Waals surface area contributed by atoms with E-state index in [9.17, 15) is 0 Å². The van der Waals surface area contributed by atoms with E-state index in [1.54, 1.807) is 0 Å². The van der Waals surface area contributed by atoms with Gasteiger partial charge in [-0.05, 0) is 12.1 Å². The first-order chi connectivity index (χ1) is 13.3. The predicted molar refractivity (Wildman–Crippen MR) is 111 cm³/mol. The fraction of sp³-hybridized carbons (Fsp3) is 0.0455. The van der Waals surface area contributed by atoms with Gasteiger partial charge in [0.05, 0.1) is 12.1 Å². The van der Waals surface area contributed by atoms with Crippen LogP contribution in [0.15, 0.2) is 92.2 Å². The third-order valence-electron chi connectivity index (χ3n) is 4.48. The molecule has 1 aromatic heterocycles. The maximum Gasteiger partial charge on any atom is 0.162 e. The van der Waals surface area contributed by atoms with Crippen LogP contribution in [0.3, 0.4) is 0 Å². The maximum atomic E-state index is 6.24. The van der Waals surface area contributed by atoms with Crippen LogP contribution in [0, 0.1) is 0 Å². The van der Waals surface area contributed by atoms with Crippen LogP contribution in [0.1, 0.15) is 11.1 Å². The largest absolute Gasteiger partial charge is 0.455 e. The molecule has 0 atom stereocenters. The topological polar surface area (TPSA) is 50.2 Å². The zero-order valence-electron chi connectivity index (χ0n) is 14.3. The summed E-state index contributed by atoms with van der Waals surface area (Å²) in [4.78, 5) is 13.7. The molecule has 0 saturated carbocycles. The van der Waals surface area contributed by atoms with E-state index in [2.05, 4.69) is 16.1 Å². The van der Waals surface area contributed by atoms with E-state index >= 15 is 0 Å². The van der Waals surface area contributed by atoms with Gasteiger partial charge in [-0.2, -0.15) is 0 Å². The van der Waals surface area contributed by atoms with E-state index in [-0.39, 0.29) is 6.54 Å². The summed E-state index contributed by atoms with van der Waals surface area (Å²) in [6.45, 7) is 0.285. The van der Waals surface area contributed by atoms with Crippen molar-refractivity contribution in [2.75, 3.05) is 6.54 Å². The van der Waals surface area contributed by atoms with Gasteiger partial charge in [0.2, 0.25) is 0 Å². The number of amidine groups is 2. The van der Waals surface area contributed by atoms with Crippen molar-refractivity contribution in [1.82, 2.24) is 0 Å². The Balaban J connectivity index is 1.72. The summed E-state index contributed by atoms with van der Waals surface area (Å²) in [5, 5.41) is 2.52. The van der Waals surface area contributed by atoms with Gasteiger partial charge in [0.15, 0.2) is 11.7 Å². The number of nitrogens with zero attached hydrogens (tertiary/aromatic N) is 3. The number of hydrogen-bond acceptors (Lipinski definition) is 4. The predicted octanol–water partition coefficient (Wildman–Crippen LogP) is 5.43. The number of rotatable bonds is 2. The van der Waals surface area contributed by atoms with Gasteiger partial charge in [0.25, 0.3) is 0 Å². The van der Waals surface area contributed by atoms with Crippen LogP contribution in [0.4, 0.5) is 0 Å². The minimum atomic E-state index is 0.285. The van der Waals surface area contributed by atoms with Crippen molar-refractivity contribution >= 4 is 50.4 Å². The summed E-state index contributed by atoms with van der Waals surface area (Å²) < 4.78 is 6.12. The molecule has 0 unspecified atom stereocenters. The number of hydrogen-bond donors (Lipinski definition) is 0. The van der Waals surface area contributed by atoms with Crippen molar-refractivity contribution in [3.63, 3.8) is 0 Å². The van der Waals surface area contributed by atoms with Gasteiger partial charge in [-0.1, -0.05) is 72.3 Å². The Labute approximate surface area is 160 Å². The highest BCUT2D eigenvalue weighted by molar-refractivity contribution is 6.67. The minimum absolute atomic E-state index is 0.285. The molecule has 0 aliphatic carbocycles. The fourth-order valence-corrected chi connectivity index (χ4v) is 3.38. The second-order valence-electron chi connectivity index (χ2n) is 6.21. The summed E-state index contributed by atoms with van der Waals surface area (Å²) in [5.41, 5.74) is 3.34. The van der Waals surface area contributed by atoms with Crippen molar-refractivity contribution in [3.05, 3.63) is 83.9 Å². The zero-order chi connectivity index (χ0) is 18.2. The van der Waals surface area contributed by atoms with E-state index in [4.69, 9.17) is 21.0 Å². The average molecular weight is 372 g/mol. The lowest BCUT2D eigenvalue weighted by molar-refractivity contribution is 0.668. The molecule has 0 fully saturated rings. The summed E-state index contributed by atoms with van der Waals surface area (Å²) in [6.07, 6.45) is 0. The van der Waals surface area contributed by atoms with Gasteiger partial charge < -0.3 is 4.42 Å². The first kappa shape index (κ1) is 16.0. The van der Waals surface area contributed by atoms with Crippen LogP contribution in [0.25, 0.3) is 21.9 Å². The molecule has 1 aliphatic rings. The van der Waals surface area contributed by atoms with E-state index in [0.717, 1.165) is 33.1 Å². The summed E-state index contributed by atoms with van der Waals surface area (Å²) in [5.74, 6) is 1.11. The lowest BCUT2D eigenvalue weighted by Gasteiger charge is -2.03. The molecule has 27 heavy (non-hydrogen) atoms. The van der Waals surface area contributed by atoms with Gasteiger partial charge in [0.1, 0.15) is 16.3 Å². The molecule has 0 bridgehead atoms. The highest BCUT2D eigenvalue weighted by Gasteiger charge is 2.17. The minimum Gasteiger partial charge on any atom is -0.455 e. The first-order valence-corrected chi connectivity index (χ1v) is 9.00. The lowest BCUT2D eigenvalue weighted by atomic mass is 10.1. The molecule has 2 heterocycles. The number of benzene rings is 3. The average Bonchev–Trinajstić information content (AvgIpc) is 2.98. The van der Waals surface area contributed by atoms with Crippen molar-refractivity contribution in [2.24, 2.45) is 15.0 Å². The highest BCUT2D eigenvalue weighted by Crippen LogP contribution is 2.31. The quantitative estimate of drug-likeness (QED) is 0.463. The molecular weight excluding hydrogens is 358 g/mol. The molecule has 4 nitrogen and oxygen atoms in total. The van der Waals surface area contributed by atoms with Crippen LogP contribution < -0.4 is 0 Å². The van der Waals surface area contributed by atoms with Gasteiger partial charge in [-0.15, -0.1) is 0 Å². The van der Waals surface area contributed by atoms with Gasteiger partial charge in [0, 0.05) is 16.3 Å². The summed E-state index contributed by atoms with van der Waals surface area (Å²) in [7, 11) is 0. The Morgan fingerprint density at radius 2 is 1.52 bits per heavy atom. The molecule has 130 valence electrons. The molecule has 0 N–H and O–H groups in total. The lowest BCUT2D eigenvalue weighted by Crippen LogP contribution is -2.04. The molecule has 0 saturated heterocycles. The number of fused-ring (bicyclic) bond motifs is 3. The van der Waals surface area contributed by atoms with Crippen LogP contribution in [-0.2, 0) is 0 Å². The van der Waals surface area contributed by atoms with E-state index in [0.29, 0.717) is 16.8 Å². The Morgan fingerprint density at radius 3 is 2.41 bits per heavy atom. The van der Waals surface area contributed by atoms with Gasteiger partial charge >= 0.3 is 0 Å². The highest BCUT2D eigenvalue weighted by atomic mass is 35.5.